The lowest BCUT2D eigenvalue weighted by Crippen LogP contribution is -2.49. The first-order valence-electron chi connectivity index (χ1n) is 4.94. The van der Waals surface area contributed by atoms with Crippen LogP contribution >= 0.6 is 11.8 Å². The smallest absolute Gasteiger partial charge is 0.327 e. The number of nitrogens with two attached hydrogens (primary N) is 1. The number of hydrogen-bond donors (Lipinski definition) is 2. The Morgan fingerprint density at radius 2 is 2.33 bits per heavy atom. The summed E-state index contributed by atoms with van der Waals surface area (Å²) in [7, 11) is 0. The summed E-state index contributed by atoms with van der Waals surface area (Å²) in [5.74, 6) is -0.293. The van der Waals surface area contributed by atoms with E-state index in [1.54, 1.807) is 0 Å². The molecule has 1 fully saturated rings. The number of rotatable bonds is 4. The van der Waals surface area contributed by atoms with Gasteiger partial charge in [-0.15, -0.1) is 11.8 Å². The van der Waals surface area contributed by atoms with Gasteiger partial charge in [-0.05, 0) is 6.42 Å². The Hall–Kier alpha value is -0.750. The minimum Gasteiger partial charge on any atom is -0.480 e. The summed E-state index contributed by atoms with van der Waals surface area (Å²) in [6.45, 7) is 1.94. The highest BCUT2D eigenvalue weighted by molar-refractivity contribution is 7.99. The molecule has 0 spiro atoms. The van der Waals surface area contributed by atoms with Crippen LogP contribution in [-0.2, 0) is 9.59 Å². The molecule has 1 aliphatic rings. The zero-order valence-corrected chi connectivity index (χ0v) is 9.50. The Kier molecular flexibility index (Phi) is 4.41. The zero-order chi connectivity index (χ0) is 11.4. The molecule has 1 amide bonds. The molecular formula is C9H16N2O3S. The van der Waals surface area contributed by atoms with E-state index in [0.29, 0.717) is 18.1 Å². The van der Waals surface area contributed by atoms with Gasteiger partial charge >= 0.3 is 5.97 Å². The van der Waals surface area contributed by atoms with E-state index < -0.39 is 18.1 Å². The highest BCUT2D eigenvalue weighted by Crippen LogP contribution is 2.22. The Morgan fingerprint density at radius 3 is 2.87 bits per heavy atom. The van der Waals surface area contributed by atoms with Gasteiger partial charge in [-0.2, -0.15) is 0 Å². The highest BCUT2D eigenvalue weighted by atomic mass is 32.2. The third kappa shape index (κ3) is 2.85. The minimum absolute atomic E-state index is 0.241. The molecule has 0 bridgehead atoms. The number of carboxylic acid groups (broad SMARTS) is 1. The molecule has 2 atom stereocenters. The summed E-state index contributed by atoms with van der Waals surface area (Å²) in [4.78, 5) is 24.0. The SMILES string of the molecule is CCCC(N)C(=O)N1CSCC1C(=O)O. The van der Waals surface area contributed by atoms with Crippen molar-refractivity contribution in [2.75, 3.05) is 11.6 Å². The highest BCUT2D eigenvalue weighted by Gasteiger charge is 2.36. The number of thioether (sulfide) groups is 1. The molecule has 15 heavy (non-hydrogen) atoms. The quantitative estimate of drug-likeness (QED) is 0.718. The lowest BCUT2D eigenvalue weighted by atomic mass is 10.1. The summed E-state index contributed by atoms with van der Waals surface area (Å²) in [6.07, 6.45) is 1.43. The molecule has 5 nitrogen and oxygen atoms in total. The first kappa shape index (κ1) is 12.3. The van der Waals surface area contributed by atoms with E-state index in [-0.39, 0.29) is 5.91 Å². The average Bonchev–Trinajstić information content (AvgIpc) is 2.65. The van der Waals surface area contributed by atoms with E-state index in [1.807, 2.05) is 6.92 Å². The summed E-state index contributed by atoms with van der Waals surface area (Å²) in [6, 6.07) is -1.26. The van der Waals surface area contributed by atoms with Crippen LogP contribution in [0.5, 0.6) is 0 Å². The van der Waals surface area contributed by atoms with E-state index in [9.17, 15) is 9.59 Å². The van der Waals surface area contributed by atoms with Crippen molar-refractivity contribution in [3.8, 4) is 0 Å². The van der Waals surface area contributed by atoms with Crippen molar-refractivity contribution in [2.45, 2.75) is 31.8 Å². The molecular weight excluding hydrogens is 216 g/mol. The Bertz CT molecular complexity index is 260. The second-order valence-electron chi connectivity index (χ2n) is 3.56. The van der Waals surface area contributed by atoms with Gasteiger partial charge in [0, 0.05) is 5.75 Å². The molecule has 0 aromatic rings. The second-order valence-corrected chi connectivity index (χ2v) is 4.56. The maximum atomic E-state index is 11.8. The van der Waals surface area contributed by atoms with Gasteiger partial charge in [-0.1, -0.05) is 13.3 Å². The molecule has 1 rings (SSSR count). The van der Waals surface area contributed by atoms with Gasteiger partial charge in [-0.25, -0.2) is 4.79 Å². The predicted molar refractivity (Wildman–Crippen MR) is 58.5 cm³/mol. The number of nitrogens with zero attached hydrogens (tertiary/aromatic N) is 1. The number of carbonyl (C=O) groups is 2. The molecule has 1 heterocycles. The van der Waals surface area contributed by atoms with Crippen molar-refractivity contribution >= 4 is 23.6 Å². The Labute approximate surface area is 93.0 Å². The monoisotopic (exact) mass is 232 g/mol. The lowest BCUT2D eigenvalue weighted by molar-refractivity contribution is -0.148. The van der Waals surface area contributed by atoms with E-state index in [4.69, 9.17) is 10.8 Å². The standard InChI is InChI=1S/C9H16N2O3S/c1-2-3-6(10)8(12)11-5-15-4-7(11)9(13)14/h6-7H,2-5,10H2,1H3,(H,13,14). The summed E-state index contributed by atoms with van der Waals surface area (Å²) < 4.78 is 0. The van der Waals surface area contributed by atoms with E-state index >= 15 is 0 Å². The maximum Gasteiger partial charge on any atom is 0.327 e. The van der Waals surface area contributed by atoms with E-state index in [0.717, 1.165) is 6.42 Å². The molecule has 0 aromatic heterocycles. The van der Waals surface area contributed by atoms with Crippen molar-refractivity contribution in [1.82, 2.24) is 4.90 Å². The average molecular weight is 232 g/mol. The summed E-state index contributed by atoms with van der Waals surface area (Å²) in [5, 5.41) is 8.90. The minimum atomic E-state index is -0.947. The fraction of sp³-hybridized carbons (Fsp3) is 0.778. The summed E-state index contributed by atoms with van der Waals surface area (Å²) >= 11 is 1.45. The summed E-state index contributed by atoms with van der Waals surface area (Å²) in [5.41, 5.74) is 5.68. The molecule has 6 heteroatoms. The van der Waals surface area contributed by atoms with Gasteiger partial charge in [0.15, 0.2) is 0 Å². The zero-order valence-electron chi connectivity index (χ0n) is 8.68. The molecule has 0 saturated carbocycles. The van der Waals surface area contributed by atoms with Crippen molar-refractivity contribution in [2.24, 2.45) is 5.73 Å². The fourth-order valence-electron chi connectivity index (χ4n) is 1.51. The number of carbonyl (C=O) groups excluding carboxylic acids is 1. The van der Waals surface area contributed by atoms with Crippen molar-refractivity contribution < 1.29 is 14.7 Å². The number of hydrogen-bond acceptors (Lipinski definition) is 4. The molecule has 0 radical (unpaired) electrons. The molecule has 1 aliphatic heterocycles. The molecule has 86 valence electrons. The maximum absolute atomic E-state index is 11.8. The molecule has 1 saturated heterocycles. The second kappa shape index (κ2) is 5.37. The lowest BCUT2D eigenvalue weighted by Gasteiger charge is -2.23. The van der Waals surface area contributed by atoms with Gasteiger partial charge < -0.3 is 15.7 Å². The molecule has 3 N–H and O–H groups in total. The molecule has 2 unspecified atom stereocenters. The number of amides is 1. The number of carboxylic acids is 1. The topological polar surface area (TPSA) is 83.6 Å². The van der Waals surface area contributed by atoms with Crippen LogP contribution in [0.1, 0.15) is 19.8 Å². The van der Waals surface area contributed by atoms with Crippen LogP contribution in [0.2, 0.25) is 0 Å². The van der Waals surface area contributed by atoms with Crippen LogP contribution < -0.4 is 5.73 Å². The third-order valence-corrected chi connectivity index (χ3v) is 3.38. The fourth-order valence-corrected chi connectivity index (χ4v) is 2.67. The largest absolute Gasteiger partial charge is 0.480 e. The molecule has 0 aromatic carbocycles. The third-order valence-electron chi connectivity index (χ3n) is 2.37. The van der Waals surface area contributed by atoms with Gasteiger partial charge in [0.25, 0.3) is 0 Å². The van der Waals surface area contributed by atoms with Gasteiger partial charge in [0.1, 0.15) is 6.04 Å². The van der Waals surface area contributed by atoms with Crippen molar-refractivity contribution in [3.63, 3.8) is 0 Å². The van der Waals surface area contributed by atoms with Crippen LogP contribution in [0.4, 0.5) is 0 Å². The number of aliphatic carboxylic acids is 1. The van der Waals surface area contributed by atoms with Crippen LogP contribution in [0.3, 0.4) is 0 Å². The van der Waals surface area contributed by atoms with Gasteiger partial charge in [0.05, 0.1) is 11.9 Å². The normalized spacial score (nSPS) is 22.8. The van der Waals surface area contributed by atoms with Crippen LogP contribution in [0.25, 0.3) is 0 Å². The van der Waals surface area contributed by atoms with Gasteiger partial charge in [0.2, 0.25) is 5.91 Å². The predicted octanol–water partition coefficient (Wildman–Crippen LogP) is 0.0999. The molecule has 0 aliphatic carbocycles. The first-order chi connectivity index (χ1) is 7.07. The van der Waals surface area contributed by atoms with E-state index in [2.05, 4.69) is 0 Å². The van der Waals surface area contributed by atoms with Crippen molar-refractivity contribution in [3.05, 3.63) is 0 Å². The van der Waals surface area contributed by atoms with Crippen LogP contribution in [-0.4, -0.2) is 45.6 Å². The van der Waals surface area contributed by atoms with Crippen LogP contribution in [0.15, 0.2) is 0 Å². The Morgan fingerprint density at radius 1 is 1.67 bits per heavy atom. The van der Waals surface area contributed by atoms with Crippen LogP contribution in [0, 0.1) is 0 Å². The van der Waals surface area contributed by atoms with Crippen molar-refractivity contribution in [1.29, 1.82) is 0 Å². The van der Waals surface area contributed by atoms with E-state index in [1.165, 1.54) is 16.7 Å². The first-order valence-corrected chi connectivity index (χ1v) is 6.10. The van der Waals surface area contributed by atoms with Gasteiger partial charge in [-0.3, -0.25) is 4.79 Å². The Balaban J connectivity index is 2.62.